The number of nitrogens with zero attached hydrogens (tertiary/aromatic N) is 1. The van der Waals surface area contributed by atoms with E-state index in [0.717, 1.165) is 5.56 Å². The summed E-state index contributed by atoms with van der Waals surface area (Å²) in [5, 5.41) is 2.93. The minimum absolute atomic E-state index is 0.0676. The molecule has 1 saturated heterocycles. The molecule has 1 aromatic carbocycles. The molecule has 1 fully saturated rings. The highest BCUT2D eigenvalue weighted by Crippen LogP contribution is 2.31. The maximum absolute atomic E-state index is 12.9. The number of nitrogens with one attached hydrogen (secondary N) is 1. The molecule has 6 nitrogen and oxygen atoms in total. The van der Waals surface area contributed by atoms with Crippen LogP contribution in [0.15, 0.2) is 76.2 Å². The molecule has 1 N–H and O–H groups in total. The second kappa shape index (κ2) is 8.17. The van der Waals surface area contributed by atoms with Crippen molar-refractivity contribution >= 4 is 11.8 Å². The van der Waals surface area contributed by atoms with Crippen LogP contribution in [0.4, 0.5) is 0 Å². The van der Waals surface area contributed by atoms with Crippen LogP contribution in [0.1, 0.15) is 34.0 Å². The number of hydrogen-bond donors (Lipinski definition) is 1. The molecule has 2 aromatic heterocycles. The Bertz CT molecular complexity index is 903. The summed E-state index contributed by atoms with van der Waals surface area (Å²) in [5.41, 5.74) is 1.64. The number of amides is 2. The van der Waals surface area contributed by atoms with Crippen LogP contribution in [0.5, 0.6) is 0 Å². The first-order chi connectivity index (χ1) is 13.7. The minimum atomic E-state index is -0.287. The van der Waals surface area contributed by atoms with E-state index in [1.54, 1.807) is 23.3 Å². The second-order valence-corrected chi connectivity index (χ2v) is 7.06. The van der Waals surface area contributed by atoms with E-state index in [9.17, 15) is 9.59 Å². The Morgan fingerprint density at radius 2 is 1.89 bits per heavy atom. The Balaban J connectivity index is 1.51. The summed E-state index contributed by atoms with van der Waals surface area (Å²) in [5.74, 6) is 0.338. The van der Waals surface area contributed by atoms with Gasteiger partial charge < -0.3 is 19.1 Å². The third-order valence-corrected chi connectivity index (χ3v) is 5.16. The van der Waals surface area contributed by atoms with Crippen molar-refractivity contribution in [3.8, 4) is 0 Å². The number of hydrogen-bond acceptors (Lipinski definition) is 4. The first kappa shape index (κ1) is 18.1. The van der Waals surface area contributed by atoms with E-state index in [0.29, 0.717) is 37.4 Å². The Labute approximate surface area is 163 Å². The Hall–Kier alpha value is -3.28. The van der Waals surface area contributed by atoms with Gasteiger partial charge in [-0.05, 0) is 30.2 Å². The van der Waals surface area contributed by atoms with Crippen molar-refractivity contribution in [3.63, 3.8) is 0 Å². The van der Waals surface area contributed by atoms with E-state index in [4.69, 9.17) is 8.83 Å². The van der Waals surface area contributed by atoms with Gasteiger partial charge in [0.25, 0.3) is 5.91 Å². The molecule has 0 saturated carbocycles. The average Bonchev–Trinajstić information content (AvgIpc) is 3.46. The fourth-order valence-electron chi connectivity index (χ4n) is 3.72. The third-order valence-electron chi connectivity index (χ3n) is 5.16. The average molecular weight is 378 g/mol. The number of carbonyl (C=O) groups excluding carboxylic acids is 2. The van der Waals surface area contributed by atoms with E-state index in [2.05, 4.69) is 5.32 Å². The van der Waals surface area contributed by atoms with Gasteiger partial charge in [0, 0.05) is 19.0 Å². The van der Waals surface area contributed by atoms with Gasteiger partial charge in [-0.15, -0.1) is 0 Å². The number of furan rings is 2. The zero-order valence-corrected chi connectivity index (χ0v) is 15.4. The van der Waals surface area contributed by atoms with Crippen LogP contribution in [0, 0.1) is 5.92 Å². The Kier molecular flexibility index (Phi) is 5.28. The van der Waals surface area contributed by atoms with Crippen LogP contribution in [-0.4, -0.2) is 29.8 Å². The molecule has 3 heterocycles. The molecule has 6 heteroatoms. The van der Waals surface area contributed by atoms with Gasteiger partial charge in [-0.25, -0.2) is 0 Å². The molecule has 0 radical (unpaired) electrons. The van der Waals surface area contributed by atoms with Crippen LogP contribution < -0.4 is 5.32 Å². The molecule has 2 amide bonds. The van der Waals surface area contributed by atoms with Gasteiger partial charge in [0.1, 0.15) is 12.0 Å². The molecule has 0 bridgehead atoms. The quantitative estimate of drug-likeness (QED) is 0.738. The molecule has 0 unspecified atom stereocenters. The van der Waals surface area contributed by atoms with E-state index in [1.807, 2.05) is 36.4 Å². The number of rotatable bonds is 5. The molecular formula is C22H22N2O4. The summed E-state index contributed by atoms with van der Waals surface area (Å²) < 4.78 is 10.3. The van der Waals surface area contributed by atoms with Crippen molar-refractivity contribution in [2.24, 2.45) is 5.92 Å². The predicted molar refractivity (Wildman–Crippen MR) is 102 cm³/mol. The van der Waals surface area contributed by atoms with Crippen LogP contribution in [0.25, 0.3) is 0 Å². The number of piperidine rings is 1. The molecule has 2 atom stereocenters. The van der Waals surface area contributed by atoms with Crippen molar-refractivity contribution in [2.45, 2.75) is 18.9 Å². The molecular weight excluding hydrogens is 356 g/mol. The van der Waals surface area contributed by atoms with E-state index < -0.39 is 0 Å². The van der Waals surface area contributed by atoms with Gasteiger partial charge in [-0.1, -0.05) is 30.3 Å². The fourth-order valence-corrected chi connectivity index (χ4v) is 3.72. The SMILES string of the molecule is O=C(NCc1ccco1)[C@H]1C[C@H](c2ccccc2)CN(C(=O)c2ccoc2)C1. The number of carbonyl (C=O) groups is 2. The lowest BCUT2D eigenvalue weighted by molar-refractivity contribution is -0.126. The van der Waals surface area contributed by atoms with Crippen LogP contribution in [-0.2, 0) is 11.3 Å². The normalized spacial score (nSPS) is 19.4. The molecule has 4 rings (SSSR count). The van der Waals surface area contributed by atoms with Gasteiger partial charge >= 0.3 is 0 Å². The van der Waals surface area contributed by atoms with Crippen LogP contribution >= 0.6 is 0 Å². The van der Waals surface area contributed by atoms with Crippen molar-refractivity contribution in [3.05, 3.63) is 84.2 Å². The number of benzene rings is 1. The molecule has 0 spiro atoms. The predicted octanol–water partition coefficient (Wildman–Crippen LogP) is 3.43. The maximum Gasteiger partial charge on any atom is 0.257 e. The highest BCUT2D eigenvalue weighted by Gasteiger charge is 2.35. The zero-order chi connectivity index (χ0) is 19.3. The molecule has 3 aromatic rings. The Morgan fingerprint density at radius 3 is 2.61 bits per heavy atom. The van der Waals surface area contributed by atoms with Crippen molar-refractivity contribution in [1.82, 2.24) is 10.2 Å². The van der Waals surface area contributed by atoms with E-state index in [1.165, 1.54) is 12.5 Å². The summed E-state index contributed by atoms with van der Waals surface area (Å²) in [6.45, 7) is 1.31. The lowest BCUT2D eigenvalue weighted by Gasteiger charge is -2.37. The fraction of sp³-hybridized carbons (Fsp3) is 0.273. The van der Waals surface area contributed by atoms with Crippen molar-refractivity contribution in [2.75, 3.05) is 13.1 Å². The van der Waals surface area contributed by atoms with Crippen LogP contribution in [0.3, 0.4) is 0 Å². The topological polar surface area (TPSA) is 75.7 Å². The lowest BCUT2D eigenvalue weighted by atomic mass is 9.84. The summed E-state index contributed by atoms with van der Waals surface area (Å²) in [6, 6.07) is 15.3. The molecule has 0 aliphatic carbocycles. The first-order valence-electron chi connectivity index (χ1n) is 9.37. The monoisotopic (exact) mass is 378 g/mol. The minimum Gasteiger partial charge on any atom is -0.472 e. The summed E-state index contributed by atoms with van der Waals surface area (Å²) in [4.78, 5) is 27.4. The molecule has 1 aliphatic heterocycles. The van der Waals surface area contributed by atoms with Gasteiger partial charge in [-0.3, -0.25) is 9.59 Å². The van der Waals surface area contributed by atoms with Crippen molar-refractivity contribution in [1.29, 1.82) is 0 Å². The molecule has 28 heavy (non-hydrogen) atoms. The van der Waals surface area contributed by atoms with Gasteiger partial charge in [0.15, 0.2) is 0 Å². The zero-order valence-electron chi connectivity index (χ0n) is 15.4. The van der Waals surface area contributed by atoms with E-state index in [-0.39, 0.29) is 23.7 Å². The highest BCUT2D eigenvalue weighted by molar-refractivity contribution is 5.94. The molecule has 1 aliphatic rings. The van der Waals surface area contributed by atoms with Crippen molar-refractivity contribution < 1.29 is 18.4 Å². The largest absolute Gasteiger partial charge is 0.472 e. The summed E-state index contributed by atoms with van der Waals surface area (Å²) >= 11 is 0. The number of likely N-dealkylation sites (tertiary alicyclic amines) is 1. The summed E-state index contributed by atoms with van der Waals surface area (Å²) in [7, 11) is 0. The van der Waals surface area contributed by atoms with Gasteiger partial charge in [0.05, 0.1) is 30.6 Å². The lowest BCUT2D eigenvalue weighted by Crippen LogP contribution is -2.47. The Morgan fingerprint density at radius 1 is 1.04 bits per heavy atom. The smallest absolute Gasteiger partial charge is 0.257 e. The van der Waals surface area contributed by atoms with Gasteiger partial charge in [-0.2, -0.15) is 0 Å². The second-order valence-electron chi connectivity index (χ2n) is 7.06. The van der Waals surface area contributed by atoms with Crippen LogP contribution in [0.2, 0.25) is 0 Å². The maximum atomic E-state index is 12.9. The van der Waals surface area contributed by atoms with E-state index >= 15 is 0 Å². The standard InChI is InChI=1S/C22H22N2O4/c25-21(23-12-20-7-4-9-28-20)19-11-18(16-5-2-1-3-6-16)13-24(14-19)22(26)17-8-10-27-15-17/h1-10,15,18-19H,11-14H2,(H,23,25)/t18-,19-/m0/s1. The highest BCUT2D eigenvalue weighted by atomic mass is 16.3. The third kappa shape index (κ3) is 4.01. The van der Waals surface area contributed by atoms with Gasteiger partial charge in [0.2, 0.25) is 5.91 Å². The summed E-state index contributed by atoms with van der Waals surface area (Å²) in [6.07, 6.45) is 5.21. The first-order valence-corrected chi connectivity index (χ1v) is 9.37. The molecule has 144 valence electrons.